The number of nitro groups is 1. The highest BCUT2D eigenvalue weighted by Crippen LogP contribution is 2.24. The number of para-hydroxylation sites is 1. The Kier molecular flexibility index (Phi) is 4.44. The first-order chi connectivity index (χ1) is 10.9. The Morgan fingerprint density at radius 2 is 1.70 bits per heavy atom. The van der Waals surface area contributed by atoms with Crippen molar-refractivity contribution < 1.29 is 24.0 Å². The molecule has 0 aliphatic carbocycles. The molecule has 0 radical (unpaired) electrons. The fourth-order valence-electron chi connectivity index (χ4n) is 2.19. The van der Waals surface area contributed by atoms with E-state index in [0.29, 0.717) is 0 Å². The molecule has 0 N–H and O–H groups in total. The van der Waals surface area contributed by atoms with Crippen LogP contribution in [0.2, 0.25) is 0 Å². The van der Waals surface area contributed by atoms with Crippen LogP contribution in [0, 0.1) is 10.1 Å². The van der Waals surface area contributed by atoms with E-state index in [2.05, 4.69) is 9.47 Å². The summed E-state index contributed by atoms with van der Waals surface area (Å²) in [7, 11) is 2.29. The fraction of sp³-hybridized carbons (Fsp3) is 0.308. The van der Waals surface area contributed by atoms with Crippen LogP contribution in [0.15, 0.2) is 23.0 Å². The van der Waals surface area contributed by atoms with Gasteiger partial charge in [0, 0.05) is 6.07 Å². The van der Waals surface area contributed by atoms with Crippen molar-refractivity contribution >= 4 is 28.7 Å². The van der Waals surface area contributed by atoms with E-state index in [1.54, 1.807) is 0 Å². The number of hydrogen-bond acceptors (Lipinski definition) is 7. The summed E-state index contributed by atoms with van der Waals surface area (Å²) in [5, 5.41) is 11.2. The number of carbonyl (C=O) groups is 2. The Bertz CT molecular complexity index is 849. The minimum absolute atomic E-state index is 0.0585. The maximum atomic E-state index is 12.5. The third-order valence-corrected chi connectivity index (χ3v) is 3.24. The summed E-state index contributed by atoms with van der Waals surface area (Å²) in [6.45, 7) is -0.938. The smallest absolute Gasteiger partial charge is 0.330 e. The van der Waals surface area contributed by atoms with Gasteiger partial charge in [0.05, 0.1) is 24.7 Å². The average molecular weight is 323 g/mol. The van der Waals surface area contributed by atoms with E-state index in [-0.39, 0.29) is 16.7 Å². The van der Waals surface area contributed by atoms with Gasteiger partial charge < -0.3 is 9.47 Å². The molecule has 1 aromatic heterocycles. The molecule has 2 aromatic rings. The number of methoxy groups -OCH3 is 2. The molecule has 0 aliphatic rings. The van der Waals surface area contributed by atoms with E-state index in [9.17, 15) is 24.5 Å². The van der Waals surface area contributed by atoms with Gasteiger partial charge in [0.2, 0.25) is 0 Å². The number of non-ortho nitro benzene ring substituents is 1. The normalized spacial score (nSPS) is 10.5. The van der Waals surface area contributed by atoms with Crippen molar-refractivity contribution in [2.75, 3.05) is 14.2 Å². The molecule has 2 rings (SSSR count). The molecule has 0 fully saturated rings. The number of nitro benzene ring substituents is 1. The van der Waals surface area contributed by atoms with Crippen molar-refractivity contribution in [3.05, 3.63) is 38.8 Å². The largest absolute Gasteiger partial charge is 0.468 e. The number of benzene rings is 1. The molecular formula is C13H13N3O7. The highest BCUT2D eigenvalue weighted by atomic mass is 16.6. The van der Waals surface area contributed by atoms with Crippen molar-refractivity contribution in [2.24, 2.45) is 0 Å². The zero-order valence-electron chi connectivity index (χ0n) is 12.3. The quantitative estimate of drug-likeness (QED) is 0.433. The van der Waals surface area contributed by atoms with Gasteiger partial charge in [0.1, 0.15) is 18.6 Å². The number of rotatable bonds is 5. The number of ether oxygens (including phenoxy) is 2. The zero-order valence-corrected chi connectivity index (χ0v) is 12.3. The lowest BCUT2D eigenvalue weighted by Gasteiger charge is -2.01. The number of carbonyl (C=O) groups excluding carboxylic acids is 2. The van der Waals surface area contributed by atoms with Gasteiger partial charge in [-0.3, -0.25) is 28.8 Å². The second-order valence-electron chi connectivity index (χ2n) is 4.51. The molecule has 0 aliphatic heterocycles. The summed E-state index contributed by atoms with van der Waals surface area (Å²) in [5.74, 6) is -1.45. The summed E-state index contributed by atoms with van der Waals surface area (Å²) >= 11 is 0. The summed E-state index contributed by atoms with van der Waals surface area (Å²) < 4.78 is 10.9. The van der Waals surface area contributed by atoms with Gasteiger partial charge in [-0.15, -0.1) is 0 Å². The van der Waals surface area contributed by atoms with Gasteiger partial charge in [-0.25, -0.2) is 4.79 Å². The molecule has 0 saturated heterocycles. The molecule has 10 heteroatoms. The number of nitrogens with zero attached hydrogens (tertiary/aromatic N) is 3. The maximum Gasteiger partial charge on any atom is 0.330 e. The van der Waals surface area contributed by atoms with Crippen LogP contribution in [-0.2, 0) is 32.2 Å². The van der Waals surface area contributed by atoms with Crippen LogP contribution < -0.4 is 5.69 Å². The van der Waals surface area contributed by atoms with Crippen LogP contribution in [0.3, 0.4) is 0 Å². The van der Waals surface area contributed by atoms with Crippen molar-refractivity contribution in [1.82, 2.24) is 9.13 Å². The molecular weight excluding hydrogens is 310 g/mol. The molecule has 1 heterocycles. The fourth-order valence-corrected chi connectivity index (χ4v) is 2.19. The number of esters is 2. The molecule has 122 valence electrons. The lowest BCUT2D eigenvalue weighted by molar-refractivity contribution is -0.383. The predicted molar refractivity (Wildman–Crippen MR) is 76.9 cm³/mol. The standard InChI is InChI=1S/C13H13N3O7/c1-22-10(17)6-14-8-4-3-5-9(16(20)21)12(8)15(13(14)19)7-11(18)23-2/h3-5H,6-7H2,1-2H3. The van der Waals surface area contributed by atoms with Gasteiger partial charge in [-0.1, -0.05) is 6.07 Å². The number of aromatic nitrogens is 2. The Morgan fingerprint density at radius 3 is 2.22 bits per heavy atom. The Balaban J connectivity index is 2.78. The summed E-state index contributed by atoms with van der Waals surface area (Å²) in [6.07, 6.45) is 0. The molecule has 0 bridgehead atoms. The van der Waals surface area contributed by atoms with E-state index in [1.807, 2.05) is 0 Å². The van der Waals surface area contributed by atoms with E-state index >= 15 is 0 Å². The van der Waals surface area contributed by atoms with E-state index in [1.165, 1.54) is 18.2 Å². The summed E-state index contributed by atoms with van der Waals surface area (Å²) in [4.78, 5) is 45.9. The van der Waals surface area contributed by atoms with Crippen LogP contribution in [0.25, 0.3) is 11.0 Å². The van der Waals surface area contributed by atoms with Crippen LogP contribution in [-0.4, -0.2) is 40.2 Å². The van der Waals surface area contributed by atoms with Crippen molar-refractivity contribution in [1.29, 1.82) is 0 Å². The maximum absolute atomic E-state index is 12.5. The number of hydrogen-bond donors (Lipinski definition) is 0. The second kappa shape index (κ2) is 6.30. The SMILES string of the molecule is COC(=O)Cn1c(=O)n(CC(=O)OC)c2c([N+](=O)[O-])cccc21. The third kappa shape index (κ3) is 2.91. The lowest BCUT2D eigenvalue weighted by Crippen LogP contribution is -2.29. The first kappa shape index (κ1) is 16.2. The number of fused-ring (bicyclic) bond motifs is 1. The van der Waals surface area contributed by atoms with Crippen LogP contribution in [0.1, 0.15) is 0 Å². The van der Waals surface area contributed by atoms with Crippen molar-refractivity contribution in [3.63, 3.8) is 0 Å². The highest BCUT2D eigenvalue weighted by Gasteiger charge is 2.24. The third-order valence-electron chi connectivity index (χ3n) is 3.24. The van der Waals surface area contributed by atoms with Gasteiger partial charge in [0.15, 0.2) is 0 Å². The van der Waals surface area contributed by atoms with Gasteiger partial charge in [-0.05, 0) is 6.07 Å². The molecule has 1 aromatic carbocycles. The van der Waals surface area contributed by atoms with E-state index < -0.39 is 35.6 Å². The summed E-state index contributed by atoms with van der Waals surface area (Å²) in [5.41, 5.74) is -1.01. The Hall–Kier alpha value is -3.17. The first-order valence-corrected chi connectivity index (χ1v) is 6.40. The molecule has 0 saturated carbocycles. The van der Waals surface area contributed by atoms with Crippen LogP contribution in [0.5, 0.6) is 0 Å². The summed E-state index contributed by atoms with van der Waals surface area (Å²) in [6, 6.07) is 4.04. The molecule has 0 spiro atoms. The zero-order chi connectivity index (χ0) is 17.1. The predicted octanol–water partition coefficient (Wildman–Crippen LogP) is 0.0572. The van der Waals surface area contributed by atoms with Gasteiger partial charge >= 0.3 is 17.6 Å². The van der Waals surface area contributed by atoms with Crippen LogP contribution >= 0.6 is 0 Å². The molecule has 23 heavy (non-hydrogen) atoms. The van der Waals surface area contributed by atoms with Crippen molar-refractivity contribution in [2.45, 2.75) is 13.1 Å². The minimum Gasteiger partial charge on any atom is -0.468 e. The van der Waals surface area contributed by atoms with Crippen LogP contribution in [0.4, 0.5) is 5.69 Å². The van der Waals surface area contributed by atoms with E-state index in [4.69, 9.17) is 0 Å². The Labute approximate surface area is 129 Å². The topological polar surface area (TPSA) is 123 Å². The molecule has 0 unspecified atom stereocenters. The van der Waals surface area contributed by atoms with Crippen molar-refractivity contribution in [3.8, 4) is 0 Å². The highest BCUT2D eigenvalue weighted by molar-refractivity contribution is 5.87. The number of imidazole rings is 1. The molecule has 10 nitrogen and oxygen atoms in total. The molecule has 0 atom stereocenters. The first-order valence-electron chi connectivity index (χ1n) is 6.40. The Morgan fingerprint density at radius 1 is 1.13 bits per heavy atom. The van der Waals surface area contributed by atoms with E-state index in [0.717, 1.165) is 23.4 Å². The van der Waals surface area contributed by atoms with Gasteiger partial charge in [-0.2, -0.15) is 0 Å². The average Bonchev–Trinajstić information content (AvgIpc) is 2.79. The lowest BCUT2D eigenvalue weighted by atomic mass is 10.2. The minimum atomic E-state index is -0.748. The van der Waals surface area contributed by atoms with Gasteiger partial charge in [0.25, 0.3) is 5.69 Å². The molecule has 0 amide bonds. The monoisotopic (exact) mass is 323 g/mol. The second-order valence-corrected chi connectivity index (χ2v) is 4.51.